The van der Waals surface area contributed by atoms with Crippen LogP contribution in [0, 0.1) is 24.6 Å². The van der Waals surface area contributed by atoms with Gasteiger partial charge in [0, 0.05) is 97.6 Å². The van der Waals surface area contributed by atoms with Gasteiger partial charge in [0.05, 0.1) is 39.8 Å². The third-order valence-electron chi connectivity index (χ3n) is 20.3. The molecule has 4 N–H and O–H groups in total. The second-order valence-electron chi connectivity index (χ2n) is 26.6. The van der Waals surface area contributed by atoms with Gasteiger partial charge in [-0.2, -0.15) is 0 Å². The van der Waals surface area contributed by atoms with Gasteiger partial charge in [0.15, 0.2) is 5.82 Å². The molecule has 2 aromatic heterocycles. The molecule has 6 fully saturated rings. The highest BCUT2D eigenvalue weighted by Gasteiger charge is 2.56. The molecule has 1 spiro atoms. The van der Waals surface area contributed by atoms with Crippen LogP contribution in [0.25, 0.3) is 22.3 Å². The van der Waals surface area contributed by atoms with Gasteiger partial charge in [-0.15, -0.1) is 0 Å². The maximum atomic E-state index is 16.0. The Balaban J connectivity index is 0.674. The van der Waals surface area contributed by atoms with E-state index in [4.69, 9.17) is 9.97 Å². The molecular formula is C67H79FN12O8. The molecule has 1 unspecified atom stereocenters. The Morgan fingerprint density at radius 3 is 2.28 bits per heavy atom. The zero-order valence-electron chi connectivity index (χ0n) is 51.0. The van der Waals surface area contributed by atoms with Gasteiger partial charge in [-0.25, -0.2) is 14.4 Å². The number of imide groups is 2. The summed E-state index contributed by atoms with van der Waals surface area (Å²) < 4.78 is 18.0. The summed E-state index contributed by atoms with van der Waals surface area (Å²) in [5.41, 5.74) is 5.64. The first-order valence-electron chi connectivity index (χ1n) is 32.0. The van der Waals surface area contributed by atoms with Gasteiger partial charge in [0.1, 0.15) is 17.4 Å². The summed E-state index contributed by atoms with van der Waals surface area (Å²) in [4.78, 5) is 128. The number of carbonyl (C=O) groups excluding carboxylic acids is 8. The zero-order chi connectivity index (χ0) is 61.4. The lowest BCUT2D eigenvalue weighted by Gasteiger charge is -2.48. The first-order valence-corrected chi connectivity index (χ1v) is 32.0. The Morgan fingerprint density at radius 1 is 0.795 bits per heavy atom. The normalized spacial score (nSPS) is 24.6. The van der Waals surface area contributed by atoms with E-state index in [-0.39, 0.29) is 89.3 Å². The number of hydrogen-bond donors (Lipinski definition) is 4. The number of fused-ring (bicyclic) bond motifs is 4. The molecule has 462 valence electrons. The maximum Gasteiger partial charge on any atom is 0.264 e. The highest BCUT2D eigenvalue weighted by atomic mass is 19.1. The molecule has 3 aromatic carbocycles. The van der Waals surface area contributed by atoms with Gasteiger partial charge in [-0.1, -0.05) is 24.6 Å². The number of nitrogens with one attached hydrogen (secondary N) is 4. The van der Waals surface area contributed by atoms with E-state index in [0.29, 0.717) is 117 Å². The lowest BCUT2D eigenvalue weighted by atomic mass is 9.73. The standard InChI is InChI=1S/C67H79FN12O8/c1-37(2)70-61(83)47-33-52(49(68)28-39(47)5)73-60-59-53(69-36-78(59)38(3)4)34-51(72-60)42-14-17-48-55(30-42)79(45-31-44(32-45)75-23-7-6-8-24-75)66(88)67(48)21-26-76(27-22-67)57(82)29-40-20-25-77(35-40)63(85)41-12-15-43(16-13-41)71-50-11-9-10-46-58(50)65(87)80(64(46)86)54-18-19-56(81)74-62(54)84/h9-11,14,17,28,30,33-34,36-38,40-41,43-45,54,71H,6-8,12-13,15-16,18-27,29,31-32,35H2,1-5H3,(H,70,83)(H,72,73)(H,74,81,84)/t40-,41-,43-,44-,45+,54?/m1/s1. The van der Waals surface area contributed by atoms with Gasteiger partial charge in [-0.05, 0) is 178 Å². The second kappa shape index (κ2) is 23.5. The third-order valence-corrected chi connectivity index (χ3v) is 20.3. The highest BCUT2D eigenvalue weighted by molar-refractivity contribution is 6.25. The summed E-state index contributed by atoms with van der Waals surface area (Å²) in [6, 6.07) is 15.3. The molecule has 88 heavy (non-hydrogen) atoms. The molecule has 8 heterocycles. The number of aromatic nitrogens is 3. The van der Waals surface area contributed by atoms with E-state index in [1.54, 1.807) is 31.5 Å². The van der Waals surface area contributed by atoms with Crippen molar-refractivity contribution in [3.05, 3.63) is 94.6 Å². The minimum atomic E-state index is -1.05. The zero-order valence-corrected chi connectivity index (χ0v) is 51.0. The molecule has 13 rings (SSSR count). The molecule has 4 saturated heterocycles. The molecule has 8 aliphatic rings. The predicted molar refractivity (Wildman–Crippen MR) is 329 cm³/mol. The van der Waals surface area contributed by atoms with E-state index in [0.717, 1.165) is 54.1 Å². The smallest absolute Gasteiger partial charge is 0.264 e. The van der Waals surface area contributed by atoms with Crippen LogP contribution in [0.5, 0.6) is 0 Å². The number of nitrogens with zero attached hydrogens (tertiary/aromatic N) is 8. The summed E-state index contributed by atoms with van der Waals surface area (Å²) >= 11 is 0. The van der Waals surface area contributed by atoms with Gasteiger partial charge in [-0.3, -0.25) is 48.6 Å². The molecule has 2 saturated carbocycles. The molecule has 21 heteroatoms. The van der Waals surface area contributed by atoms with Gasteiger partial charge < -0.3 is 40.1 Å². The monoisotopic (exact) mass is 1200 g/mol. The van der Waals surface area contributed by atoms with Crippen molar-refractivity contribution in [1.29, 1.82) is 0 Å². The molecule has 5 aromatic rings. The Labute approximate surface area is 511 Å². The van der Waals surface area contributed by atoms with Crippen LogP contribution < -0.4 is 26.2 Å². The van der Waals surface area contributed by atoms with Crippen LogP contribution in [0.15, 0.2) is 60.9 Å². The van der Waals surface area contributed by atoms with E-state index < -0.39 is 40.9 Å². The van der Waals surface area contributed by atoms with E-state index >= 15 is 9.18 Å². The van der Waals surface area contributed by atoms with Crippen molar-refractivity contribution in [1.82, 2.24) is 44.8 Å². The Hall–Kier alpha value is -8.07. The second-order valence-corrected chi connectivity index (χ2v) is 26.6. The first-order chi connectivity index (χ1) is 42.3. The van der Waals surface area contributed by atoms with Crippen molar-refractivity contribution in [2.24, 2.45) is 11.8 Å². The lowest BCUT2D eigenvalue weighted by Crippen LogP contribution is -2.58. The number of pyridine rings is 1. The molecule has 0 bridgehead atoms. The fourth-order valence-corrected chi connectivity index (χ4v) is 15.4. The number of piperidine rings is 3. The van der Waals surface area contributed by atoms with Crippen LogP contribution >= 0.6 is 0 Å². The fraction of sp³-hybridized carbons (Fsp3) is 0.522. The fourth-order valence-electron chi connectivity index (χ4n) is 15.4. The number of benzene rings is 3. The molecule has 8 amide bonds. The number of imidazole rings is 1. The van der Waals surface area contributed by atoms with Gasteiger partial charge in [0.25, 0.3) is 17.7 Å². The van der Waals surface area contributed by atoms with E-state index in [2.05, 4.69) is 43.2 Å². The number of likely N-dealkylation sites (tertiary alicyclic amines) is 3. The minimum Gasteiger partial charge on any atom is -0.382 e. The summed E-state index contributed by atoms with van der Waals surface area (Å²) in [5, 5.41) is 11.9. The molecule has 20 nitrogen and oxygen atoms in total. The van der Waals surface area contributed by atoms with Crippen molar-refractivity contribution in [2.45, 2.75) is 173 Å². The summed E-state index contributed by atoms with van der Waals surface area (Å²) in [6.07, 6.45) is 12.0. The van der Waals surface area contributed by atoms with Crippen molar-refractivity contribution in [2.75, 3.05) is 54.8 Å². The molecular weight excluding hydrogens is 1120 g/mol. The number of amides is 8. The van der Waals surface area contributed by atoms with Crippen LogP contribution in [0.1, 0.15) is 172 Å². The average molecular weight is 1200 g/mol. The van der Waals surface area contributed by atoms with Gasteiger partial charge in [0.2, 0.25) is 29.5 Å². The van der Waals surface area contributed by atoms with Crippen LogP contribution in [0.3, 0.4) is 0 Å². The summed E-state index contributed by atoms with van der Waals surface area (Å²) in [7, 11) is 0. The van der Waals surface area contributed by atoms with Crippen LogP contribution in [0.4, 0.5) is 27.3 Å². The first kappa shape index (κ1) is 58.9. The number of rotatable bonds is 14. The van der Waals surface area contributed by atoms with Crippen molar-refractivity contribution in [3.8, 4) is 11.3 Å². The van der Waals surface area contributed by atoms with Crippen LogP contribution in [0.2, 0.25) is 0 Å². The minimum absolute atomic E-state index is 0.00140. The highest BCUT2D eigenvalue weighted by Crippen LogP contribution is 2.53. The van der Waals surface area contributed by atoms with Gasteiger partial charge >= 0.3 is 0 Å². The number of hydrogen-bond acceptors (Lipinski definition) is 13. The van der Waals surface area contributed by atoms with Crippen LogP contribution in [-0.4, -0.2) is 151 Å². The maximum absolute atomic E-state index is 16.0. The summed E-state index contributed by atoms with van der Waals surface area (Å²) in [5.74, 6) is -2.57. The quantitative estimate of drug-likeness (QED) is 0.0765. The third kappa shape index (κ3) is 10.7. The Morgan fingerprint density at radius 2 is 1.56 bits per heavy atom. The molecule has 2 atom stereocenters. The van der Waals surface area contributed by atoms with Crippen molar-refractivity contribution >= 4 is 81.2 Å². The van der Waals surface area contributed by atoms with Crippen LogP contribution in [-0.2, 0) is 29.4 Å². The van der Waals surface area contributed by atoms with E-state index in [1.165, 1.54) is 31.4 Å². The summed E-state index contributed by atoms with van der Waals surface area (Å²) in [6.45, 7) is 13.7. The lowest BCUT2D eigenvalue weighted by molar-refractivity contribution is -0.137. The van der Waals surface area contributed by atoms with E-state index in [9.17, 15) is 33.6 Å². The predicted octanol–water partition coefficient (Wildman–Crippen LogP) is 8.54. The van der Waals surface area contributed by atoms with Crippen molar-refractivity contribution < 1.29 is 42.7 Å². The topological polar surface area (TPSA) is 232 Å². The number of carbonyl (C=O) groups is 8. The average Bonchev–Trinajstić information content (AvgIpc) is 1.58. The Kier molecular flexibility index (Phi) is 15.7. The molecule has 0 radical (unpaired) electrons. The largest absolute Gasteiger partial charge is 0.382 e. The Bertz CT molecular complexity index is 3680. The molecule has 2 aliphatic carbocycles. The number of anilines is 4. The SMILES string of the molecule is Cc1cc(F)c(Nc2nc(-c3ccc4c(c3)N([C@H]3C[C@@H](N5CCCCC5)C3)C(=O)C43CCN(C(=O)C[C@H]4CCN(C(=O)[C@H]5CC[C@H](Nc6cccc7c6C(=O)N(C6CCC(=O)NC6=O)C7=O)CC5)C4)CC3)cc3ncn(C(C)C)c23)cc1C(=O)NC(C)C. The van der Waals surface area contributed by atoms with E-state index in [1.807, 2.05) is 54.2 Å². The number of aryl methyl sites for hydroxylation is 1. The van der Waals surface area contributed by atoms with Crippen molar-refractivity contribution in [3.63, 3.8) is 0 Å². The molecule has 6 aliphatic heterocycles. The number of halogens is 1.